The van der Waals surface area contributed by atoms with Gasteiger partial charge in [-0.25, -0.2) is 13.9 Å². The summed E-state index contributed by atoms with van der Waals surface area (Å²) in [5, 5.41) is 12.6. The molecule has 0 spiro atoms. The van der Waals surface area contributed by atoms with Crippen LogP contribution in [0.1, 0.15) is 121 Å². The molecule has 3 rings (SSSR count). The molecular weight excluding hydrogens is 599 g/mol. The lowest BCUT2D eigenvalue weighted by molar-refractivity contribution is -0.124. The summed E-state index contributed by atoms with van der Waals surface area (Å²) in [6, 6.07) is 1.37. The molecule has 0 fully saturated rings. The fraction of sp³-hybridized carbons (Fsp3) is 0.583. The topological polar surface area (TPSA) is 127 Å². The van der Waals surface area contributed by atoms with E-state index in [2.05, 4.69) is 53.7 Å². The van der Waals surface area contributed by atoms with Crippen LogP contribution in [0.2, 0.25) is 0 Å². The number of ether oxygens (including phenoxy) is 1. The molecule has 0 radical (unpaired) electrons. The molecule has 3 amide bonds. The first kappa shape index (κ1) is 39.2. The molecule has 0 saturated carbocycles. The summed E-state index contributed by atoms with van der Waals surface area (Å²) in [5.74, 6) is 0.254. The maximum atomic E-state index is 14.6. The maximum Gasteiger partial charge on any atom is 0.270 e. The van der Waals surface area contributed by atoms with Crippen LogP contribution >= 0.6 is 0 Å². The molecule has 0 bridgehead atoms. The molecule has 10 nitrogen and oxygen atoms in total. The first-order valence-corrected chi connectivity index (χ1v) is 17.2. The zero-order valence-corrected chi connectivity index (χ0v) is 29.5. The smallest absolute Gasteiger partial charge is 0.270 e. The zero-order valence-electron chi connectivity index (χ0n) is 29.5. The van der Waals surface area contributed by atoms with Crippen molar-refractivity contribution in [2.75, 3.05) is 19.7 Å². The van der Waals surface area contributed by atoms with Crippen molar-refractivity contribution in [3.63, 3.8) is 0 Å². The summed E-state index contributed by atoms with van der Waals surface area (Å²) in [5.41, 5.74) is 1.57. The lowest BCUT2D eigenvalue weighted by Gasteiger charge is -2.28. The van der Waals surface area contributed by atoms with E-state index in [0.29, 0.717) is 55.1 Å². The van der Waals surface area contributed by atoms with Gasteiger partial charge in [0.25, 0.3) is 17.7 Å². The Morgan fingerprint density at radius 2 is 1.79 bits per heavy atom. The molecule has 2 aromatic rings. The van der Waals surface area contributed by atoms with Crippen LogP contribution in [0.4, 0.5) is 4.39 Å². The number of nitrogens with zero attached hydrogens (tertiary/aromatic N) is 3. The quantitative estimate of drug-likeness (QED) is 0.160. The number of nitrogens with one attached hydrogen (secondary N) is 3. The van der Waals surface area contributed by atoms with Crippen LogP contribution in [0.25, 0.3) is 5.65 Å². The second-order valence-electron chi connectivity index (χ2n) is 11.6. The van der Waals surface area contributed by atoms with E-state index in [1.54, 1.807) is 6.92 Å². The molecule has 3 N–H and O–H groups in total. The van der Waals surface area contributed by atoms with Crippen molar-refractivity contribution in [1.29, 1.82) is 0 Å². The zero-order chi connectivity index (χ0) is 34.9. The van der Waals surface area contributed by atoms with Crippen LogP contribution in [-0.2, 0) is 9.53 Å². The maximum absolute atomic E-state index is 14.6. The van der Waals surface area contributed by atoms with Gasteiger partial charge in [0.05, 0.1) is 11.9 Å². The number of aromatic nitrogens is 3. The molecule has 3 heterocycles. The molecule has 1 aliphatic heterocycles. The Balaban J connectivity index is 0.00000376. The predicted octanol–water partition coefficient (Wildman–Crippen LogP) is 6.89. The van der Waals surface area contributed by atoms with E-state index < -0.39 is 17.6 Å². The number of halogens is 1. The summed E-state index contributed by atoms with van der Waals surface area (Å²) in [4.78, 5) is 42.1. The second kappa shape index (κ2) is 20.3. The summed E-state index contributed by atoms with van der Waals surface area (Å²) in [6.07, 6.45) is 13.3. The number of allylic oxidation sites excluding steroid dienone is 4. The first-order chi connectivity index (χ1) is 22.6. The third kappa shape index (κ3) is 11.3. The Morgan fingerprint density at radius 3 is 2.40 bits per heavy atom. The summed E-state index contributed by atoms with van der Waals surface area (Å²) < 4.78 is 21.2. The number of fused-ring (bicyclic) bond motifs is 1. The SMILES string of the molecule is C/C=C(\CC=CC1=C(C)NC(=O)CO1)CCNC(=O)c1cc(C(=O)NCC(CC)C(CC)CC(CC)CC)n2ncc(F)c2n1.CC. The van der Waals surface area contributed by atoms with Gasteiger partial charge in [0.2, 0.25) is 0 Å². The van der Waals surface area contributed by atoms with Crippen molar-refractivity contribution < 1.29 is 23.5 Å². The van der Waals surface area contributed by atoms with Crippen LogP contribution in [0, 0.1) is 23.6 Å². The lowest BCUT2D eigenvalue weighted by atomic mass is 9.79. The molecule has 260 valence electrons. The molecule has 0 saturated heterocycles. The minimum absolute atomic E-state index is 0.0109. The highest BCUT2D eigenvalue weighted by Gasteiger charge is 2.24. The molecular formula is C36H55FN6O4. The van der Waals surface area contributed by atoms with Crippen LogP contribution < -0.4 is 16.0 Å². The number of amides is 3. The van der Waals surface area contributed by atoms with E-state index in [1.165, 1.54) is 6.07 Å². The van der Waals surface area contributed by atoms with Gasteiger partial charge in [-0.1, -0.05) is 85.0 Å². The van der Waals surface area contributed by atoms with Crippen molar-refractivity contribution in [2.24, 2.45) is 17.8 Å². The molecule has 0 aliphatic carbocycles. The van der Waals surface area contributed by atoms with E-state index in [1.807, 2.05) is 39.0 Å². The van der Waals surface area contributed by atoms with E-state index in [9.17, 15) is 18.8 Å². The molecule has 2 aromatic heterocycles. The van der Waals surface area contributed by atoms with E-state index in [-0.39, 0.29) is 29.5 Å². The molecule has 47 heavy (non-hydrogen) atoms. The van der Waals surface area contributed by atoms with Gasteiger partial charge in [0.1, 0.15) is 17.1 Å². The monoisotopic (exact) mass is 654 g/mol. The summed E-state index contributed by atoms with van der Waals surface area (Å²) in [7, 11) is 0. The second-order valence-corrected chi connectivity index (χ2v) is 11.6. The summed E-state index contributed by atoms with van der Waals surface area (Å²) >= 11 is 0. The molecule has 0 aromatic carbocycles. The molecule has 2 unspecified atom stereocenters. The third-order valence-electron chi connectivity index (χ3n) is 8.77. The van der Waals surface area contributed by atoms with Crippen molar-refractivity contribution in [2.45, 2.75) is 100 Å². The number of rotatable bonds is 17. The Hall–Kier alpha value is -4.02. The fourth-order valence-electron chi connectivity index (χ4n) is 5.76. The van der Waals surface area contributed by atoms with E-state index in [4.69, 9.17) is 4.74 Å². The summed E-state index contributed by atoms with van der Waals surface area (Å²) in [6.45, 7) is 17.3. The van der Waals surface area contributed by atoms with Crippen LogP contribution in [0.15, 0.2) is 47.5 Å². The van der Waals surface area contributed by atoms with Gasteiger partial charge in [-0.3, -0.25) is 14.4 Å². The van der Waals surface area contributed by atoms with Gasteiger partial charge in [0.15, 0.2) is 18.1 Å². The number of hydrogen-bond acceptors (Lipinski definition) is 6. The van der Waals surface area contributed by atoms with Gasteiger partial charge >= 0.3 is 0 Å². The Bertz CT molecular complexity index is 1430. The Morgan fingerprint density at radius 1 is 1.09 bits per heavy atom. The number of carbonyl (C=O) groups is 3. The lowest BCUT2D eigenvalue weighted by Crippen LogP contribution is -2.34. The predicted molar refractivity (Wildman–Crippen MR) is 184 cm³/mol. The van der Waals surface area contributed by atoms with Gasteiger partial charge in [0, 0.05) is 19.2 Å². The largest absolute Gasteiger partial charge is 0.482 e. The molecule has 1 aliphatic rings. The van der Waals surface area contributed by atoms with Gasteiger partial charge in [-0.2, -0.15) is 5.10 Å². The van der Waals surface area contributed by atoms with Crippen molar-refractivity contribution >= 4 is 23.4 Å². The van der Waals surface area contributed by atoms with Crippen LogP contribution in [-0.4, -0.2) is 52.0 Å². The van der Waals surface area contributed by atoms with Gasteiger partial charge in [-0.15, -0.1) is 0 Å². The van der Waals surface area contributed by atoms with E-state index >= 15 is 0 Å². The van der Waals surface area contributed by atoms with Crippen molar-refractivity contribution in [3.8, 4) is 0 Å². The Kier molecular flexibility index (Phi) is 16.9. The fourth-order valence-corrected chi connectivity index (χ4v) is 5.76. The Labute approximate surface area is 279 Å². The number of carbonyl (C=O) groups excluding carboxylic acids is 3. The minimum atomic E-state index is -0.712. The highest BCUT2D eigenvalue weighted by molar-refractivity contribution is 5.98. The number of hydrogen-bond donors (Lipinski definition) is 3. The van der Waals surface area contributed by atoms with Crippen molar-refractivity contribution in [1.82, 2.24) is 30.5 Å². The standard InChI is InChI=1S/C34H49FN6O4.C2H6/c1-7-23(8-2)17-25(10-4)26(11-5)19-37-34(44)29-18-28(40-32-27(35)20-38-41(29)32)33(43)36-16-15-24(9-3)13-12-14-30-22(6)39-31(42)21-45-30;1-2/h9,12,14,18,20,23,25-26H,7-8,10-11,13,15-17,19,21H2,1-6H3,(H,36,43)(H,37,44)(H,39,42);1-2H3/b14-12?,24-9+;. The molecule has 11 heteroatoms. The van der Waals surface area contributed by atoms with Crippen LogP contribution in [0.3, 0.4) is 0 Å². The van der Waals surface area contributed by atoms with Gasteiger partial charge in [-0.05, 0) is 56.9 Å². The third-order valence-corrected chi connectivity index (χ3v) is 8.77. The average Bonchev–Trinajstić information content (AvgIpc) is 3.46. The minimum Gasteiger partial charge on any atom is -0.482 e. The van der Waals surface area contributed by atoms with E-state index in [0.717, 1.165) is 48.4 Å². The normalized spacial score (nSPS) is 14.9. The average molecular weight is 655 g/mol. The van der Waals surface area contributed by atoms with Gasteiger partial charge < -0.3 is 20.7 Å². The molecule has 2 atom stereocenters. The van der Waals surface area contributed by atoms with Crippen molar-refractivity contribution in [3.05, 3.63) is 64.7 Å². The first-order valence-electron chi connectivity index (χ1n) is 17.2. The highest BCUT2D eigenvalue weighted by Crippen LogP contribution is 2.29. The van der Waals surface area contributed by atoms with Crippen LogP contribution in [0.5, 0.6) is 0 Å². The highest BCUT2D eigenvalue weighted by atomic mass is 19.1.